The summed E-state index contributed by atoms with van der Waals surface area (Å²) in [6.07, 6.45) is 0. The fourth-order valence-electron chi connectivity index (χ4n) is 1.95. The quantitative estimate of drug-likeness (QED) is 0.850. The van der Waals surface area contributed by atoms with Gasteiger partial charge in [0.1, 0.15) is 5.69 Å². The fraction of sp³-hybridized carbons (Fsp3) is 0.188. The van der Waals surface area contributed by atoms with Gasteiger partial charge in [-0.2, -0.15) is 0 Å². The lowest BCUT2D eigenvalue weighted by Crippen LogP contribution is -2.35. The maximum atomic E-state index is 13.7. The Bertz CT molecular complexity index is 669. The monoisotopic (exact) mass is 290 g/mol. The molecule has 0 fully saturated rings. The third-order valence-corrected chi connectivity index (χ3v) is 3.43. The van der Waals surface area contributed by atoms with Crippen LogP contribution in [0.5, 0.6) is 0 Å². The Balaban J connectivity index is 2.33. The Morgan fingerprint density at radius 2 is 1.71 bits per heavy atom. The first kappa shape index (κ1) is 15.0. The summed E-state index contributed by atoms with van der Waals surface area (Å²) >= 11 is 0. The second-order valence-corrected chi connectivity index (χ2v) is 5.27. The zero-order valence-electron chi connectivity index (χ0n) is 11.8. The van der Waals surface area contributed by atoms with E-state index in [-0.39, 0.29) is 11.4 Å². The highest BCUT2D eigenvalue weighted by Crippen LogP contribution is 2.29. The molecule has 0 unspecified atom stereocenters. The summed E-state index contributed by atoms with van der Waals surface area (Å²) in [5.41, 5.74) is 5.10. The molecule has 1 amide bonds. The maximum absolute atomic E-state index is 13.7. The van der Waals surface area contributed by atoms with Gasteiger partial charge in [0.15, 0.2) is 11.6 Å². The smallest absolute Gasteiger partial charge is 0.234 e. The van der Waals surface area contributed by atoms with Crippen molar-refractivity contribution < 1.29 is 13.6 Å². The highest BCUT2D eigenvalue weighted by molar-refractivity contribution is 6.00. The Labute approximate surface area is 121 Å². The van der Waals surface area contributed by atoms with Crippen LogP contribution in [-0.2, 0) is 10.2 Å². The number of nitrogens with one attached hydrogen (secondary N) is 1. The molecule has 0 heterocycles. The van der Waals surface area contributed by atoms with Crippen LogP contribution >= 0.6 is 0 Å². The summed E-state index contributed by atoms with van der Waals surface area (Å²) < 4.78 is 27.0. The summed E-state index contributed by atoms with van der Waals surface area (Å²) in [7, 11) is 0. The van der Waals surface area contributed by atoms with E-state index in [2.05, 4.69) is 5.32 Å². The highest BCUT2D eigenvalue weighted by Gasteiger charge is 2.31. The van der Waals surface area contributed by atoms with E-state index in [4.69, 9.17) is 5.73 Å². The maximum Gasteiger partial charge on any atom is 0.234 e. The van der Waals surface area contributed by atoms with Crippen LogP contribution in [-0.4, -0.2) is 5.91 Å². The number of benzene rings is 2. The van der Waals surface area contributed by atoms with E-state index in [1.54, 1.807) is 26.0 Å². The molecule has 0 saturated carbocycles. The second-order valence-electron chi connectivity index (χ2n) is 5.27. The number of rotatable bonds is 3. The number of nitrogens with two attached hydrogens (primary N) is 1. The molecule has 0 radical (unpaired) electrons. The van der Waals surface area contributed by atoms with E-state index in [1.165, 1.54) is 6.07 Å². The summed E-state index contributed by atoms with van der Waals surface area (Å²) in [6.45, 7) is 3.40. The van der Waals surface area contributed by atoms with E-state index in [0.717, 1.165) is 11.6 Å². The van der Waals surface area contributed by atoms with Gasteiger partial charge in [0, 0.05) is 0 Å². The van der Waals surface area contributed by atoms with Crippen LogP contribution < -0.4 is 11.1 Å². The SMILES string of the molecule is CC(C)(C(=O)Nc1c(N)ccc(F)c1F)c1ccccc1. The summed E-state index contributed by atoms with van der Waals surface area (Å²) in [6, 6.07) is 11.2. The van der Waals surface area contributed by atoms with Crippen molar-refractivity contribution in [2.75, 3.05) is 11.1 Å². The summed E-state index contributed by atoms with van der Waals surface area (Å²) in [5, 5.41) is 2.38. The standard InChI is InChI=1S/C16H16F2N2O/c1-16(2,10-6-4-3-5-7-10)15(21)20-14-12(19)9-8-11(17)13(14)18/h3-9H,19H2,1-2H3,(H,20,21). The molecule has 2 rings (SSSR count). The lowest BCUT2D eigenvalue weighted by atomic mass is 9.83. The molecule has 2 aromatic rings. The number of nitrogen functional groups attached to an aromatic ring is 1. The summed E-state index contributed by atoms with van der Waals surface area (Å²) in [5.74, 6) is -2.69. The number of carbonyl (C=O) groups excluding carboxylic acids is 1. The van der Waals surface area contributed by atoms with Gasteiger partial charge in [-0.15, -0.1) is 0 Å². The molecule has 5 heteroatoms. The lowest BCUT2D eigenvalue weighted by molar-refractivity contribution is -0.120. The molecule has 0 aliphatic carbocycles. The van der Waals surface area contributed by atoms with Crippen LogP contribution in [0.4, 0.5) is 20.2 Å². The minimum Gasteiger partial charge on any atom is -0.397 e. The van der Waals surface area contributed by atoms with Crippen molar-refractivity contribution in [2.24, 2.45) is 0 Å². The molecule has 0 aliphatic heterocycles. The van der Waals surface area contributed by atoms with Crippen LogP contribution in [0.2, 0.25) is 0 Å². The molecule has 0 saturated heterocycles. The molecule has 3 N–H and O–H groups in total. The molecule has 2 aromatic carbocycles. The van der Waals surface area contributed by atoms with Crippen LogP contribution in [0.15, 0.2) is 42.5 Å². The van der Waals surface area contributed by atoms with E-state index in [1.807, 2.05) is 18.2 Å². The van der Waals surface area contributed by atoms with Crippen molar-refractivity contribution in [2.45, 2.75) is 19.3 Å². The average Bonchev–Trinajstić information content (AvgIpc) is 2.48. The Hall–Kier alpha value is -2.43. The zero-order chi connectivity index (χ0) is 15.6. The fourth-order valence-corrected chi connectivity index (χ4v) is 1.95. The van der Waals surface area contributed by atoms with Crippen LogP contribution in [0.3, 0.4) is 0 Å². The third kappa shape index (κ3) is 2.86. The van der Waals surface area contributed by atoms with Crippen LogP contribution in [0, 0.1) is 11.6 Å². The van der Waals surface area contributed by atoms with E-state index >= 15 is 0 Å². The van der Waals surface area contributed by atoms with E-state index in [0.29, 0.717) is 0 Å². The molecular weight excluding hydrogens is 274 g/mol. The summed E-state index contributed by atoms with van der Waals surface area (Å²) in [4.78, 5) is 12.4. The molecule has 3 nitrogen and oxygen atoms in total. The first-order chi connectivity index (χ1) is 9.84. The number of halogens is 2. The molecule has 0 spiro atoms. The van der Waals surface area contributed by atoms with Gasteiger partial charge >= 0.3 is 0 Å². The highest BCUT2D eigenvalue weighted by atomic mass is 19.2. The van der Waals surface area contributed by atoms with Gasteiger partial charge in [0.05, 0.1) is 11.1 Å². The molecule has 0 aliphatic rings. The normalized spacial score (nSPS) is 11.2. The zero-order valence-corrected chi connectivity index (χ0v) is 11.8. The number of hydrogen-bond acceptors (Lipinski definition) is 2. The van der Waals surface area contributed by atoms with Gasteiger partial charge < -0.3 is 11.1 Å². The Kier molecular flexibility index (Phi) is 3.93. The van der Waals surface area contributed by atoms with Gasteiger partial charge in [0.25, 0.3) is 0 Å². The van der Waals surface area contributed by atoms with Gasteiger partial charge in [-0.3, -0.25) is 4.79 Å². The van der Waals surface area contributed by atoms with E-state index < -0.39 is 23.0 Å². The van der Waals surface area contributed by atoms with Crippen LogP contribution in [0.25, 0.3) is 0 Å². The number of anilines is 2. The van der Waals surface area contributed by atoms with E-state index in [9.17, 15) is 13.6 Å². The van der Waals surface area contributed by atoms with Crippen molar-refractivity contribution >= 4 is 17.3 Å². The minimum atomic E-state index is -1.16. The molecule has 0 bridgehead atoms. The van der Waals surface area contributed by atoms with Crippen molar-refractivity contribution in [3.05, 3.63) is 59.7 Å². The Morgan fingerprint density at radius 3 is 2.33 bits per heavy atom. The van der Waals surface area contributed by atoms with Crippen molar-refractivity contribution in [3.8, 4) is 0 Å². The molecule has 0 atom stereocenters. The van der Waals surface area contributed by atoms with Crippen molar-refractivity contribution in [3.63, 3.8) is 0 Å². The Morgan fingerprint density at radius 1 is 1.10 bits per heavy atom. The predicted octanol–water partition coefficient (Wildman–Crippen LogP) is 3.46. The lowest BCUT2D eigenvalue weighted by Gasteiger charge is -2.24. The molecule has 21 heavy (non-hydrogen) atoms. The first-order valence-electron chi connectivity index (χ1n) is 6.44. The molecule has 0 aromatic heterocycles. The van der Waals surface area contributed by atoms with Crippen molar-refractivity contribution in [1.82, 2.24) is 0 Å². The largest absolute Gasteiger partial charge is 0.397 e. The number of carbonyl (C=O) groups is 1. The van der Waals surface area contributed by atoms with Gasteiger partial charge in [0.2, 0.25) is 5.91 Å². The predicted molar refractivity (Wildman–Crippen MR) is 78.9 cm³/mol. The average molecular weight is 290 g/mol. The minimum absolute atomic E-state index is 0.0221. The second kappa shape index (κ2) is 5.52. The third-order valence-electron chi connectivity index (χ3n) is 3.43. The topological polar surface area (TPSA) is 55.1 Å². The number of hydrogen-bond donors (Lipinski definition) is 2. The van der Waals surface area contributed by atoms with Gasteiger partial charge in [-0.1, -0.05) is 30.3 Å². The molecular formula is C16H16F2N2O. The first-order valence-corrected chi connectivity index (χ1v) is 6.44. The van der Waals surface area contributed by atoms with Gasteiger partial charge in [-0.05, 0) is 31.5 Å². The van der Waals surface area contributed by atoms with Crippen LogP contribution in [0.1, 0.15) is 19.4 Å². The van der Waals surface area contributed by atoms with Crippen molar-refractivity contribution in [1.29, 1.82) is 0 Å². The number of amides is 1. The van der Waals surface area contributed by atoms with Gasteiger partial charge in [-0.25, -0.2) is 8.78 Å². The molecule has 110 valence electrons.